The molecule has 1 amide bonds. The summed E-state index contributed by atoms with van der Waals surface area (Å²) < 4.78 is 3.05. The third kappa shape index (κ3) is 3.13. The molecule has 2 aliphatic rings. The predicted octanol–water partition coefficient (Wildman–Crippen LogP) is 3.02. The molecule has 1 aromatic heterocycles. The van der Waals surface area contributed by atoms with Crippen molar-refractivity contribution in [2.24, 2.45) is 11.3 Å². The zero-order chi connectivity index (χ0) is 16.6. The van der Waals surface area contributed by atoms with E-state index in [1.807, 2.05) is 22.9 Å². The highest BCUT2D eigenvalue weighted by atomic mass is 79.9. The van der Waals surface area contributed by atoms with Crippen LogP contribution in [0.2, 0.25) is 0 Å². The number of nitrogens with zero attached hydrogens (tertiary/aromatic N) is 2. The molecule has 2 N–H and O–H groups in total. The normalized spacial score (nSPS) is 21.6. The summed E-state index contributed by atoms with van der Waals surface area (Å²) >= 11 is 3.45. The Kier molecular flexibility index (Phi) is 4.18. The van der Waals surface area contributed by atoms with Crippen molar-refractivity contribution in [3.63, 3.8) is 0 Å². The molecule has 0 radical (unpaired) electrons. The summed E-state index contributed by atoms with van der Waals surface area (Å²) in [5, 5.41) is 6.41. The van der Waals surface area contributed by atoms with Crippen LogP contribution in [0.25, 0.3) is 0 Å². The second-order valence-electron chi connectivity index (χ2n) is 6.86. The Morgan fingerprint density at radius 2 is 2.08 bits per heavy atom. The average molecular weight is 389 g/mol. The Labute approximate surface area is 150 Å². The minimum Gasteiger partial charge on any atom is -0.317 e. The summed E-state index contributed by atoms with van der Waals surface area (Å²) in [6.45, 7) is 2.76. The lowest BCUT2D eigenvalue weighted by Gasteiger charge is -2.23. The first-order valence-corrected chi connectivity index (χ1v) is 9.23. The molecule has 4 rings (SSSR count). The molecule has 1 aliphatic carbocycles. The summed E-state index contributed by atoms with van der Waals surface area (Å²) in [5.74, 6) is 0.913. The largest absolute Gasteiger partial charge is 0.317 e. The van der Waals surface area contributed by atoms with E-state index in [0.717, 1.165) is 36.8 Å². The molecule has 1 saturated heterocycles. The van der Waals surface area contributed by atoms with Crippen molar-refractivity contribution >= 4 is 27.8 Å². The van der Waals surface area contributed by atoms with Crippen molar-refractivity contribution < 1.29 is 4.79 Å². The van der Waals surface area contributed by atoms with Crippen molar-refractivity contribution in [1.29, 1.82) is 0 Å². The van der Waals surface area contributed by atoms with Crippen LogP contribution in [-0.4, -0.2) is 28.5 Å². The SMILES string of the molecule is O=C(Nc1nccn1Cc1ccc(Br)cc1)C1CC12CCNCC2. The summed E-state index contributed by atoms with van der Waals surface area (Å²) in [4.78, 5) is 16.9. The number of amides is 1. The van der Waals surface area contributed by atoms with Crippen LogP contribution < -0.4 is 10.6 Å². The van der Waals surface area contributed by atoms with Crippen LogP contribution in [0.4, 0.5) is 5.95 Å². The number of anilines is 1. The number of carbonyl (C=O) groups excluding carboxylic acids is 1. The molecule has 1 aromatic carbocycles. The van der Waals surface area contributed by atoms with E-state index in [2.05, 4.69) is 43.7 Å². The summed E-state index contributed by atoms with van der Waals surface area (Å²) in [6.07, 6.45) is 6.89. The molecule has 1 saturated carbocycles. The highest BCUT2D eigenvalue weighted by Gasteiger charge is 2.57. The average Bonchev–Trinajstić information content (AvgIpc) is 3.10. The van der Waals surface area contributed by atoms with Crippen LogP contribution >= 0.6 is 15.9 Å². The standard InChI is InChI=1S/C18H21BrN4O/c19-14-3-1-13(2-4-14)12-23-10-9-21-17(23)22-16(24)15-11-18(15)5-7-20-8-6-18/h1-4,9-10,15,20H,5-8,11-12H2,(H,21,22,24). The number of halogens is 1. The summed E-state index contributed by atoms with van der Waals surface area (Å²) in [6, 6.07) is 8.19. The van der Waals surface area contributed by atoms with Gasteiger partial charge in [0, 0.05) is 22.8 Å². The maximum absolute atomic E-state index is 12.6. The van der Waals surface area contributed by atoms with E-state index in [0.29, 0.717) is 12.5 Å². The molecule has 1 unspecified atom stereocenters. The monoisotopic (exact) mass is 388 g/mol. The molecule has 0 bridgehead atoms. The zero-order valence-electron chi connectivity index (χ0n) is 13.5. The molecule has 2 fully saturated rings. The number of carbonyl (C=O) groups is 1. The fraction of sp³-hybridized carbons (Fsp3) is 0.444. The Bertz CT molecular complexity index is 734. The number of aromatic nitrogens is 2. The van der Waals surface area contributed by atoms with Gasteiger partial charge in [-0.25, -0.2) is 4.98 Å². The third-order valence-electron chi connectivity index (χ3n) is 5.32. The van der Waals surface area contributed by atoms with Crippen molar-refractivity contribution in [3.05, 3.63) is 46.7 Å². The molecule has 24 heavy (non-hydrogen) atoms. The molecule has 126 valence electrons. The summed E-state index contributed by atoms with van der Waals surface area (Å²) in [7, 11) is 0. The molecule has 1 atom stereocenters. The maximum atomic E-state index is 12.6. The van der Waals surface area contributed by atoms with Gasteiger partial charge in [-0.15, -0.1) is 0 Å². The van der Waals surface area contributed by atoms with Crippen molar-refractivity contribution in [3.8, 4) is 0 Å². The Morgan fingerprint density at radius 1 is 1.33 bits per heavy atom. The summed E-state index contributed by atoms with van der Waals surface area (Å²) in [5.41, 5.74) is 1.42. The minimum atomic E-state index is 0.125. The zero-order valence-corrected chi connectivity index (χ0v) is 15.1. The lowest BCUT2D eigenvalue weighted by atomic mass is 9.92. The van der Waals surface area contributed by atoms with E-state index in [9.17, 15) is 4.79 Å². The van der Waals surface area contributed by atoms with Crippen LogP contribution in [0.15, 0.2) is 41.1 Å². The maximum Gasteiger partial charge on any atom is 0.230 e. The van der Waals surface area contributed by atoms with Crippen LogP contribution in [0.1, 0.15) is 24.8 Å². The Balaban J connectivity index is 1.41. The highest BCUT2D eigenvalue weighted by molar-refractivity contribution is 9.10. The molecule has 1 aliphatic heterocycles. The molecule has 1 spiro atoms. The molecule has 6 heteroatoms. The van der Waals surface area contributed by atoms with Gasteiger partial charge in [0.05, 0.1) is 6.54 Å². The first kappa shape index (κ1) is 15.8. The van der Waals surface area contributed by atoms with Gasteiger partial charge in [0.2, 0.25) is 11.9 Å². The minimum absolute atomic E-state index is 0.125. The molecular weight excluding hydrogens is 368 g/mol. The van der Waals surface area contributed by atoms with Crippen LogP contribution in [0.5, 0.6) is 0 Å². The van der Waals surface area contributed by atoms with Crippen molar-refractivity contribution in [2.75, 3.05) is 18.4 Å². The number of rotatable bonds is 4. The van der Waals surface area contributed by atoms with Gasteiger partial charge in [0.25, 0.3) is 0 Å². The number of piperidine rings is 1. The molecular formula is C18H21BrN4O. The van der Waals surface area contributed by atoms with Crippen LogP contribution in [0.3, 0.4) is 0 Å². The van der Waals surface area contributed by atoms with Crippen molar-refractivity contribution in [1.82, 2.24) is 14.9 Å². The number of hydrogen-bond donors (Lipinski definition) is 2. The van der Waals surface area contributed by atoms with Gasteiger partial charge < -0.3 is 9.88 Å². The number of nitrogens with one attached hydrogen (secondary N) is 2. The number of imidazole rings is 1. The topological polar surface area (TPSA) is 59.0 Å². The van der Waals surface area contributed by atoms with Gasteiger partial charge >= 0.3 is 0 Å². The van der Waals surface area contributed by atoms with Gasteiger partial charge in [-0.2, -0.15) is 0 Å². The van der Waals surface area contributed by atoms with Gasteiger partial charge in [0.15, 0.2) is 0 Å². The quantitative estimate of drug-likeness (QED) is 0.845. The lowest BCUT2D eigenvalue weighted by molar-refractivity contribution is -0.118. The van der Waals surface area contributed by atoms with E-state index in [4.69, 9.17) is 0 Å². The lowest BCUT2D eigenvalue weighted by Crippen LogP contribution is -2.32. The van der Waals surface area contributed by atoms with E-state index < -0.39 is 0 Å². The second kappa shape index (κ2) is 6.33. The fourth-order valence-electron chi connectivity index (χ4n) is 3.74. The van der Waals surface area contributed by atoms with E-state index in [-0.39, 0.29) is 17.2 Å². The van der Waals surface area contributed by atoms with E-state index in [1.165, 1.54) is 5.56 Å². The Hall–Kier alpha value is -1.66. The second-order valence-corrected chi connectivity index (χ2v) is 7.78. The third-order valence-corrected chi connectivity index (χ3v) is 5.85. The van der Waals surface area contributed by atoms with Gasteiger partial charge in [0.1, 0.15) is 0 Å². The highest BCUT2D eigenvalue weighted by Crippen LogP contribution is 2.58. The predicted molar refractivity (Wildman–Crippen MR) is 96.7 cm³/mol. The van der Waals surface area contributed by atoms with Crippen LogP contribution in [0, 0.1) is 11.3 Å². The van der Waals surface area contributed by atoms with E-state index >= 15 is 0 Å². The van der Waals surface area contributed by atoms with Crippen molar-refractivity contribution in [2.45, 2.75) is 25.8 Å². The molecule has 5 nitrogen and oxygen atoms in total. The Morgan fingerprint density at radius 3 is 2.83 bits per heavy atom. The number of benzene rings is 1. The fourth-order valence-corrected chi connectivity index (χ4v) is 4.00. The first-order valence-electron chi connectivity index (χ1n) is 8.43. The molecule has 2 aromatic rings. The molecule has 2 heterocycles. The number of hydrogen-bond acceptors (Lipinski definition) is 3. The van der Waals surface area contributed by atoms with Gasteiger partial charge in [-0.05, 0) is 55.5 Å². The first-order chi connectivity index (χ1) is 11.7. The smallest absolute Gasteiger partial charge is 0.230 e. The van der Waals surface area contributed by atoms with Crippen LogP contribution in [-0.2, 0) is 11.3 Å². The van der Waals surface area contributed by atoms with E-state index in [1.54, 1.807) is 6.20 Å². The van der Waals surface area contributed by atoms with Gasteiger partial charge in [-0.1, -0.05) is 28.1 Å². The van der Waals surface area contributed by atoms with Gasteiger partial charge in [-0.3, -0.25) is 10.1 Å².